The molecule has 3 aromatic carbocycles. The maximum absolute atomic E-state index is 12.0. The quantitative estimate of drug-likeness (QED) is 0.608. The van der Waals surface area contributed by atoms with Crippen LogP contribution in [-0.2, 0) is 9.53 Å². The Hall–Kier alpha value is -3.40. The number of carbonyl (C=O) groups is 1. The molecule has 134 valence electrons. The van der Waals surface area contributed by atoms with Crippen LogP contribution in [-0.4, -0.2) is 19.4 Å². The van der Waals surface area contributed by atoms with E-state index in [9.17, 15) is 4.79 Å². The molecule has 3 aromatic rings. The van der Waals surface area contributed by atoms with Crippen molar-refractivity contribution >= 4 is 23.7 Å². The number of hydrogen-bond donors (Lipinski definition) is 0. The van der Waals surface area contributed by atoms with Crippen molar-refractivity contribution in [2.75, 3.05) is 12.0 Å². The fourth-order valence-corrected chi connectivity index (χ4v) is 3.39. The average molecular weight is 356 g/mol. The number of nitrogens with zero attached hydrogens (tertiary/aromatic N) is 2. The van der Waals surface area contributed by atoms with E-state index in [-0.39, 0.29) is 18.4 Å². The van der Waals surface area contributed by atoms with E-state index in [0.717, 1.165) is 22.5 Å². The predicted octanol–water partition coefficient (Wildman–Crippen LogP) is 5.14. The highest BCUT2D eigenvalue weighted by atomic mass is 16.5. The number of esters is 1. The van der Waals surface area contributed by atoms with Gasteiger partial charge in [-0.3, -0.25) is 4.79 Å². The van der Waals surface area contributed by atoms with E-state index in [1.54, 1.807) is 6.34 Å². The van der Waals surface area contributed by atoms with Gasteiger partial charge in [-0.1, -0.05) is 60.7 Å². The molecule has 27 heavy (non-hydrogen) atoms. The number of anilines is 1. The number of para-hydroxylation sites is 1. The summed E-state index contributed by atoms with van der Waals surface area (Å²) in [5, 5.41) is 0. The molecule has 0 bridgehead atoms. The Morgan fingerprint density at radius 2 is 1.59 bits per heavy atom. The predicted molar refractivity (Wildman–Crippen MR) is 108 cm³/mol. The van der Waals surface area contributed by atoms with Crippen molar-refractivity contribution in [3.63, 3.8) is 0 Å². The number of ether oxygens (including phenoxy) is 1. The molecule has 4 heteroatoms. The van der Waals surface area contributed by atoms with Crippen LogP contribution in [0.3, 0.4) is 0 Å². The molecule has 1 aliphatic heterocycles. The summed E-state index contributed by atoms with van der Waals surface area (Å²) in [7, 11) is 1.42. The molecule has 1 atom stereocenters. The van der Waals surface area contributed by atoms with Crippen molar-refractivity contribution in [1.82, 2.24) is 0 Å². The van der Waals surface area contributed by atoms with Gasteiger partial charge in [0.25, 0.3) is 0 Å². The lowest BCUT2D eigenvalue weighted by Crippen LogP contribution is -2.31. The van der Waals surface area contributed by atoms with Crippen molar-refractivity contribution in [2.24, 2.45) is 4.99 Å². The first kappa shape index (κ1) is 17.0. The summed E-state index contributed by atoms with van der Waals surface area (Å²) in [6, 6.07) is 26.3. The van der Waals surface area contributed by atoms with Gasteiger partial charge >= 0.3 is 5.97 Å². The van der Waals surface area contributed by atoms with Crippen LogP contribution < -0.4 is 4.90 Å². The maximum atomic E-state index is 12.0. The highest BCUT2D eigenvalue weighted by Gasteiger charge is 2.28. The fourth-order valence-electron chi connectivity index (χ4n) is 3.39. The number of benzene rings is 3. The molecule has 0 spiro atoms. The number of fused-ring (bicyclic) bond motifs is 1. The summed E-state index contributed by atoms with van der Waals surface area (Å²) in [5.74, 6) is -0.240. The molecular weight excluding hydrogens is 336 g/mol. The highest BCUT2D eigenvalue weighted by molar-refractivity contribution is 5.88. The zero-order valence-corrected chi connectivity index (χ0v) is 15.1. The Bertz CT molecular complexity index is 965. The van der Waals surface area contributed by atoms with Crippen LogP contribution in [0.25, 0.3) is 11.1 Å². The number of methoxy groups -OCH3 is 1. The summed E-state index contributed by atoms with van der Waals surface area (Å²) in [6.07, 6.45) is 2.06. The number of carbonyl (C=O) groups excluding carboxylic acids is 1. The molecule has 1 heterocycles. The minimum atomic E-state index is -0.240. The number of aliphatic imine (C=N–C) groups is 1. The molecule has 4 rings (SSSR count). The summed E-state index contributed by atoms with van der Waals surface area (Å²) in [6.45, 7) is 0. The van der Waals surface area contributed by atoms with E-state index < -0.39 is 0 Å². The molecule has 0 aromatic heterocycles. The first-order valence-electron chi connectivity index (χ1n) is 8.90. The van der Waals surface area contributed by atoms with Crippen molar-refractivity contribution in [2.45, 2.75) is 12.5 Å². The Balaban J connectivity index is 1.68. The minimum Gasteiger partial charge on any atom is -0.469 e. The zero-order valence-electron chi connectivity index (χ0n) is 15.1. The third-order valence-corrected chi connectivity index (χ3v) is 4.81. The Morgan fingerprint density at radius 1 is 0.926 bits per heavy atom. The van der Waals surface area contributed by atoms with Gasteiger partial charge in [-0.25, -0.2) is 4.99 Å². The maximum Gasteiger partial charge on any atom is 0.307 e. The normalized spacial score (nSPS) is 15.3. The van der Waals surface area contributed by atoms with Gasteiger partial charge in [0.05, 0.1) is 31.6 Å². The Morgan fingerprint density at radius 3 is 2.33 bits per heavy atom. The summed E-state index contributed by atoms with van der Waals surface area (Å²) >= 11 is 0. The lowest BCUT2D eigenvalue weighted by Gasteiger charge is -2.33. The molecule has 1 aliphatic rings. The smallest absolute Gasteiger partial charge is 0.307 e. The van der Waals surface area contributed by atoms with Crippen LogP contribution in [0.4, 0.5) is 11.4 Å². The zero-order chi connectivity index (χ0) is 18.6. The van der Waals surface area contributed by atoms with Crippen LogP contribution in [0.2, 0.25) is 0 Å². The van der Waals surface area contributed by atoms with Crippen molar-refractivity contribution in [3.05, 3.63) is 84.4 Å². The monoisotopic (exact) mass is 356 g/mol. The van der Waals surface area contributed by atoms with Crippen LogP contribution in [0, 0.1) is 0 Å². The Kier molecular flexibility index (Phi) is 4.71. The van der Waals surface area contributed by atoms with Gasteiger partial charge in [0.1, 0.15) is 0 Å². The standard InChI is InChI=1S/C23H20N2O2/c1-27-23(26)15-22-20-9-5-6-10-21(20)24-16-25(22)19-13-11-18(12-14-19)17-7-3-2-4-8-17/h2-14,16,22H,15H2,1H3. The van der Waals surface area contributed by atoms with Crippen LogP contribution >= 0.6 is 0 Å². The number of hydrogen-bond acceptors (Lipinski definition) is 4. The van der Waals surface area contributed by atoms with Gasteiger partial charge in [0, 0.05) is 11.3 Å². The molecule has 0 saturated heterocycles. The Labute approximate surface area is 158 Å². The van der Waals surface area contributed by atoms with Crippen molar-refractivity contribution < 1.29 is 9.53 Å². The molecule has 1 unspecified atom stereocenters. The lowest BCUT2D eigenvalue weighted by atomic mass is 9.98. The molecule has 0 fully saturated rings. The van der Waals surface area contributed by atoms with E-state index in [0.29, 0.717) is 0 Å². The van der Waals surface area contributed by atoms with E-state index in [4.69, 9.17) is 4.74 Å². The van der Waals surface area contributed by atoms with E-state index in [2.05, 4.69) is 41.4 Å². The summed E-state index contributed by atoms with van der Waals surface area (Å²) < 4.78 is 4.92. The molecule has 0 N–H and O–H groups in total. The van der Waals surface area contributed by atoms with Crippen LogP contribution in [0.1, 0.15) is 18.0 Å². The second-order valence-corrected chi connectivity index (χ2v) is 6.42. The first-order chi connectivity index (χ1) is 13.3. The minimum absolute atomic E-state index is 0.145. The van der Waals surface area contributed by atoms with E-state index >= 15 is 0 Å². The molecule has 0 saturated carbocycles. The molecular formula is C23H20N2O2. The van der Waals surface area contributed by atoms with Gasteiger partial charge < -0.3 is 9.64 Å². The SMILES string of the molecule is COC(=O)CC1c2ccccc2N=CN1c1ccc(-c2ccccc2)cc1. The third-order valence-electron chi connectivity index (χ3n) is 4.81. The number of rotatable bonds is 4. The second-order valence-electron chi connectivity index (χ2n) is 6.42. The molecule has 4 nitrogen and oxygen atoms in total. The van der Waals surface area contributed by atoms with Crippen LogP contribution in [0.15, 0.2) is 83.9 Å². The van der Waals surface area contributed by atoms with Crippen molar-refractivity contribution in [3.8, 4) is 11.1 Å². The summed E-state index contributed by atoms with van der Waals surface area (Å²) in [4.78, 5) is 18.6. The second kappa shape index (κ2) is 7.46. The molecule has 0 amide bonds. The fraction of sp³-hybridized carbons (Fsp3) is 0.130. The van der Waals surface area contributed by atoms with Gasteiger partial charge in [0.2, 0.25) is 0 Å². The highest BCUT2D eigenvalue weighted by Crippen LogP contribution is 2.38. The molecule has 0 radical (unpaired) electrons. The van der Waals surface area contributed by atoms with Gasteiger partial charge in [-0.05, 0) is 29.3 Å². The van der Waals surface area contributed by atoms with Crippen molar-refractivity contribution in [1.29, 1.82) is 0 Å². The molecule has 0 aliphatic carbocycles. The average Bonchev–Trinajstić information content (AvgIpc) is 2.74. The third kappa shape index (κ3) is 3.47. The van der Waals surface area contributed by atoms with E-state index in [1.807, 2.05) is 47.4 Å². The van der Waals surface area contributed by atoms with Gasteiger partial charge in [0.15, 0.2) is 0 Å². The topological polar surface area (TPSA) is 41.9 Å². The lowest BCUT2D eigenvalue weighted by molar-refractivity contribution is -0.141. The summed E-state index contributed by atoms with van der Waals surface area (Å²) in [5.41, 5.74) is 5.23. The van der Waals surface area contributed by atoms with E-state index in [1.165, 1.54) is 12.7 Å². The van der Waals surface area contributed by atoms with Crippen LogP contribution in [0.5, 0.6) is 0 Å². The van der Waals surface area contributed by atoms with Gasteiger partial charge in [-0.15, -0.1) is 0 Å². The first-order valence-corrected chi connectivity index (χ1v) is 8.90. The van der Waals surface area contributed by atoms with Gasteiger partial charge in [-0.2, -0.15) is 0 Å². The largest absolute Gasteiger partial charge is 0.469 e.